The van der Waals surface area contributed by atoms with Crippen LogP contribution in [0.2, 0.25) is 0 Å². The molecule has 3 rings (SSSR count). The summed E-state index contributed by atoms with van der Waals surface area (Å²) >= 11 is 0. The predicted molar refractivity (Wildman–Crippen MR) is 107 cm³/mol. The van der Waals surface area contributed by atoms with Crippen molar-refractivity contribution in [1.82, 2.24) is 0 Å². The third-order valence-electron chi connectivity index (χ3n) is 5.33. The Hall–Kier alpha value is -2.82. The lowest BCUT2D eigenvalue weighted by Gasteiger charge is -2.19. The zero-order chi connectivity index (χ0) is 20.1. The first-order valence-corrected chi connectivity index (χ1v) is 9.68. The Balaban J connectivity index is 1.97. The third-order valence-corrected chi connectivity index (χ3v) is 5.33. The average Bonchev–Trinajstić information content (AvgIpc) is 3.08. The second-order valence-electron chi connectivity index (χ2n) is 7.04. The van der Waals surface area contributed by atoms with Crippen LogP contribution in [0.5, 0.6) is 11.5 Å². The molecule has 2 aromatic carbocycles. The number of aliphatic carboxylic acids is 1. The molecule has 1 aliphatic carbocycles. The summed E-state index contributed by atoms with van der Waals surface area (Å²) < 4.78 is 11.2. The highest BCUT2D eigenvalue weighted by molar-refractivity contribution is 6.02. The number of hydrogen-bond acceptors (Lipinski definition) is 4. The first-order valence-electron chi connectivity index (χ1n) is 9.68. The van der Waals surface area contributed by atoms with E-state index in [0.29, 0.717) is 24.3 Å². The molecule has 2 aromatic rings. The predicted octanol–water partition coefficient (Wildman–Crippen LogP) is 4.69. The Kier molecular flexibility index (Phi) is 6.34. The second-order valence-corrected chi connectivity index (χ2v) is 7.04. The smallest absolute Gasteiger partial charge is 0.303 e. The molecule has 0 radical (unpaired) electrons. The fourth-order valence-electron chi connectivity index (χ4n) is 3.99. The van der Waals surface area contributed by atoms with E-state index in [1.807, 2.05) is 24.3 Å². The number of ketones is 1. The van der Waals surface area contributed by atoms with Gasteiger partial charge in [-0.2, -0.15) is 0 Å². The van der Waals surface area contributed by atoms with Crippen LogP contribution in [-0.4, -0.2) is 31.1 Å². The summed E-state index contributed by atoms with van der Waals surface area (Å²) in [4.78, 5) is 22.9. The van der Waals surface area contributed by atoms with E-state index in [-0.39, 0.29) is 12.2 Å². The number of methoxy groups -OCH3 is 2. The lowest BCUT2D eigenvalue weighted by atomic mass is 9.90. The number of carboxylic acids is 1. The molecule has 0 saturated carbocycles. The highest BCUT2D eigenvalue weighted by Crippen LogP contribution is 2.42. The number of hydrogen-bond donors (Lipinski definition) is 1. The van der Waals surface area contributed by atoms with E-state index in [1.54, 1.807) is 14.2 Å². The summed E-state index contributed by atoms with van der Waals surface area (Å²) in [5.74, 6) is 0.826. The van der Waals surface area contributed by atoms with E-state index in [9.17, 15) is 9.59 Å². The number of unbranched alkanes of at least 4 members (excludes halogenated alkanes) is 2. The van der Waals surface area contributed by atoms with Gasteiger partial charge in [0.15, 0.2) is 17.3 Å². The van der Waals surface area contributed by atoms with Gasteiger partial charge in [-0.05, 0) is 48.4 Å². The number of ether oxygens (including phenoxy) is 2. The molecule has 5 nitrogen and oxygen atoms in total. The fourth-order valence-corrected chi connectivity index (χ4v) is 3.99. The van der Waals surface area contributed by atoms with Gasteiger partial charge in [0.1, 0.15) is 0 Å². The number of rotatable bonds is 9. The molecule has 0 aromatic heterocycles. The molecule has 0 aliphatic heterocycles. The molecule has 28 heavy (non-hydrogen) atoms. The van der Waals surface area contributed by atoms with Crippen molar-refractivity contribution >= 4 is 11.8 Å². The first-order chi connectivity index (χ1) is 13.6. The van der Waals surface area contributed by atoms with Gasteiger partial charge in [-0.3, -0.25) is 9.59 Å². The van der Waals surface area contributed by atoms with E-state index < -0.39 is 5.97 Å². The number of benzene rings is 2. The molecule has 1 aliphatic rings. The van der Waals surface area contributed by atoms with Gasteiger partial charge >= 0.3 is 5.97 Å². The maximum Gasteiger partial charge on any atom is 0.303 e. The van der Waals surface area contributed by atoms with Gasteiger partial charge in [0, 0.05) is 24.0 Å². The van der Waals surface area contributed by atoms with Crippen LogP contribution in [-0.2, 0) is 17.6 Å². The van der Waals surface area contributed by atoms with Gasteiger partial charge in [-0.25, -0.2) is 0 Å². The van der Waals surface area contributed by atoms with Crippen LogP contribution in [0.1, 0.15) is 53.6 Å². The molecule has 0 atom stereocenters. The molecule has 0 unspecified atom stereocenters. The van der Waals surface area contributed by atoms with Gasteiger partial charge in [0.05, 0.1) is 14.2 Å². The summed E-state index contributed by atoms with van der Waals surface area (Å²) in [6.07, 6.45) is 4.62. The molecule has 1 N–H and O–H groups in total. The van der Waals surface area contributed by atoms with Crippen molar-refractivity contribution in [2.75, 3.05) is 14.2 Å². The highest BCUT2D eigenvalue weighted by Gasteiger charge is 2.24. The van der Waals surface area contributed by atoms with Gasteiger partial charge in [-0.15, -0.1) is 0 Å². The van der Waals surface area contributed by atoms with E-state index in [4.69, 9.17) is 14.6 Å². The largest absolute Gasteiger partial charge is 0.493 e. The van der Waals surface area contributed by atoms with Crippen molar-refractivity contribution in [3.8, 4) is 22.6 Å². The van der Waals surface area contributed by atoms with Crippen molar-refractivity contribution in [3.05, 3.63) is 47.0 Å². The zero-order valence-corrected chi connectivity index (χ0v) is 16.4. The van der Waals surface area contributed by atoms with Crippen LogP contribution < -0.4 is 9.47 Å². The summed E-state index contributed by atoms with van der Waals surface area (Å²) in [6, 6.07) is 9.84. The topological polar surface area (TPSA) is 72.8 Å². The Labute approximate surface area is 165 Å². The van der Waals surface area contributed by atoms with E-state index >= 15 is 0 Å². The summed E-state index contributed by atoms with van der Waals surface area (Å²) in [5.41, 5.74) is 5.10. The SMILES string of the molecule is COc1ccc(-c2cccc3c2CCC3=O)c(CCCCCC(=O)O)c1OC. The van der Waals surface area contributed by atoms with Crippen molar-refractivity contribution in [2.45, 2.75) is 44.9 Å². The number of carbonyl (C=O) groups excluding carboxylic acids is 1. The summed E-state index contributed by atoms with van der Waals surface area (Å²) in [5, 5.41) is 8.82. The molecule has 0 saturated heterocycles. The third kappa shape index (κ3) is 4.03. The molecule has 0 amide bonds. The molecular formula is C23H26O5. The van der Waals surface area contributed by atoms with E-state index in [1.165, 1.54) is 0 Å². The van der Waals surface area contributed by atoms with Crippen LogP contribution in [0.4, 0.5) is 0 Å². The van der Waals surface area contributed by atoms with Crippen LogP contribution in [0.15, 0.2) is 30.3 Å². The van der Waals surface area contributed by atoms with Crippen molar-refractivity contribution in [2.24, 2.45) is 0 Å². The standard InChI is InChI=1S/C23H26O5/c1-27-21-14-12-17(15-8-6-9-18-16(15)11-13-20(18)24)19(23(21)28-2)7-4-3-5-10-22(25)26/h6,8-9,12,14H,3-5,7,10-11,13H2,1-2H3,(H,25,26). The molecule has 0 bridgehead atoms. The summed E-state index contributed by atoms with van der Waals surface area (Å²) in [6.45, 7) is 0. The Bertz CT molecular complexity index is 885. The Morgan fingerprint density at radius 3 is 2.46 bits per heavy atom. The Morgan fingerprint density at radius 2 is 1.75 bits per heavy atom. The van der Waals surface area contributed by atoms with Crippen LogP contribution in [0.25, 0.3) is 11.1 Å². The summed E-state index contributed by atoms with van der Waals surface area (Å²) in [7, 11) is 3.25. The number of fused-ring (bicyclic) bond motifs is 1. The van der Waals surface area contributed by atoms with Gasteiger partial charge < -0.3 is 14.6 Å². The minimum Gasteiger partial charge on any atom is -0.493 e. The molecule has 0 heterocycles. The van der Waals surface area contributed by atoms with Crippen LogP contribution in [0, 0.1) is 0 Å². The molecule has 148 valence electrons. The second kappa shape index (κ2) is 8.91. The van der Waals surface area contributed by atoms with Crippen LogP contribution in [0.3, 0.4) is 0 Å². The lowest BCUT2D eigenvalue weighted by molar-refractivity contribution is -0.137. The molecule has 0 fully saturated rings. The van der Waals surface area contributed by atoms with Gasteiger partial charge in [0.2, 0.25) is 0 Å². The lowest BCUT2D eigenvalue weighted by Crippen LogP contribution is -2.01. The maximum atomic E-state index is 12.2. The number of carbonyl (C=O) groups is 2. The minimum atomic E-state index is -0.760. The van der Waals surface area contributed by atoms with Crippen molar-refractivity contribution in [3.63, 3.8) is 0 Å². The van der Waals surface area contributed by atoms with E-state index in [2.05, 4.69) is 6.07 Å². The molecule has 5 heteroatoms. The Morgan fingerprint density at radius 1 is 0.964 bits per heavy atom. The van der Waals surface area contributed by atoms with Crippen molar-refractivity contribution in [1.29, 1.82) is 0 Å². The van der Waals surface area contributed by atoms with Gasteiger partial charge in [0.25, 0.3) is 0 Å². The highest BCUT2D eigenvalue weighted by atomic mass is 16.5. The maximum absolute atomic E-state index is 12.2. The van der Waals surface area contributed by atoms with Crippen LogP contribution >= 0.6 is 0 Å². The minimum absolute atomic E-state index is 0.191. The fraction of sp³-hybridized carbons (Fsp3) is 0.391. The van der Waals surface area contributed by atoms with Crippen molar-refractivity contribution < 1.29 is 24.2 Å². The zero-order valence-electron chi connectivity index (χ0n) is 16.4. The molecule has 0 spiro atoms. The van der Waals surface area contributed by atoms with Gasteiger partial charge in [-0.1, -0.05) is 30.7 Å². The number of Topliss-reactive ketones (excluding diaryl/α,β-unsaturated/α-hetero) is 1. The normalized spacial score (nSPS) is 12.7. The number of carboxylic acid groups (broad SMARTS) is 1. The quantitative estimate of drug-likeness (QED) is 0.637. The molecular weight excluding hydrogens is 356 g/mol. The average molecular weight is 382 g/mol. The first kappa shape index (κ1) is 19.9. The monoisotopic (exact) mass is 382 g/mol. The van der Waals surface area contributed by atoms with E-state index in [0.717, 1.165) is 53.5 Å².